The molecule has 7 unspecified atom stereocenters. The fraction of sp³-hybridized carbons (Fsp3) is 0.714. The van der Waals surface area contributed by atoms with Gasteiger partial charge in [0.2, 0.25) is 0 Å². The molecule has 28 heavy (non-hydrogen) atoms. The number of thiazole rings is 1. The van der Waals surface area contributed by atoms with Crippen LogP contribution >= 0.6 is 11.3 Å². The van der Waals surface area contributed by atoms with Gasteiger partial charge in [-0.3, -0.25) is 10.2 Å². The number of hydrogen-bond acceptors (Lipinski definition) is 7. The second kappa shape index (κ2) is 5.45. The second-order valence-electron chi connectivity index (χ2n) is 10.1. The third kappa shape index (κ3) is 1.85. The molecule has 1 spiro atoms. The van der Waals surface area contributed by atoms with Crippen LogP contribution in [0.4, 0.5) is 5.13 Å². The van der Waals surface area contributed by atoms with E-state index in [9.17, 15) is 15.0 Å². The van der Waals surface area contributed by atoms with Crippen LogP contribution in [0.3, 0.4) is 0 Å². The molecule has 2 bridgehead atoms. The van der Waals surface area contributed by atoms with Crippen molar-refractivity contribution >= 4 is 22.3 Å². The number of aliphatic hydroxyl groups is 2. The van der Waals surface area contributed by atoms with Crippen LogP contribution in [0.2, 0.25) is 0 Å². The van der Waals surface area contributed by atoms with E-state index in [0.29, 0.717) is 17.1 Å². The van der Waals surface area contributed by atoms with Gasteiger partial charge in [-0.2, -0.15) is 0 Å². The number of hydrogen-bond donors (Lipinski definition) is 4. The Balaban J connectivity index is 1.70. The molecule has 6 nitrogen and oxygen atoms in total. The lowest BCUT2D eigenvalue weighted by atomic mass is 9.40. The largest absolute Gasteiger partial charge is 0.392 e. The van der Waals surface area contributed by atoms with Crippen LogP contribution in [0.1, 0.15) is 50.6 Å². The van der Waals surface area contributed by atoms with Crippen molar-refractivity contribution in [1.29, 1.82) is 0 Å². The molecule has 4 aliphatic carbocycles. The fourth-order valence-corrected chi connectivity index (χ4v) is 8.90. The molecule has 1 heterocycles. The number of aromatic nitrogens is 1. The van der Waals surface area contributed by atoms with Crippen molar-refractivity contribution < 1.29 is 15.0 Å². The highest BCUT2D eigenvalue weighted by molar-refractivity contribution is 7.15. The Morgan fingerprint density at radius 2 is 1.96 bits per heavy atom. The molecule has 3 saturated carbocycles. The van der Waals surface area contributed by atoms with E-state index in [0.717, 1.165) is 25.0 Å². The Morgan fingerprint density at radius 1 is 1.25 bits per heavy atom. The highest BCUT2D eigenvalue weighted by Crippen LogP contribution is 2.70. The number of fused-ring (bicyclic) bond motifs is 4. The van der Waals surface area contributed by atoms with Gasteiger partial charge in [0.1, 0.15) is 0 Å². The third-order valence-corrected chi connectivity index (χ3v) is 9.78. The Kier molecular flexibility index (Phi) is 3.64. The lowest BCUT2D eigenvalue weighted by Gasteiger charge is -2.64. The summed E-state index contributed by atoms with van der Waals surface area (Å²) in [5.74, 6) is 5.41. The minimum absolute atomic E-state index is 0.0736. The number of nitrogens with two attached hydrogens (primary N) is 1. The van der Waals surface area contributed by atoms with Gasteiger partial charge in [-0.05, 0) is 48.5 Å². The number of rotatable bonds is 1. The van der Waals surface area contributed by atoms with Crippen LogP contribution in [0.15, 0.2) is 12.2 Å². The zero-order valence-corrected chi connectivity index (χ0v) is 17.5. The van der Waals surface area contributed by atoms with Crippen molar-refractivity contribution in [1.82, 2.24) is 4.98 Å². The average Bonchev–Trinajstić information content (AvgIpc) is 3.09. The van der Waals surface area contributed by atoms with E-state index in [1.165, 1.54) is 4.88 Å². The number of anilines is 1. The maximum Gasteiger partial charge on any atom is 0.197 e. The Morgan fingerprint density at radius 3 is 2.64 bits per heavy atom. The molecular weight excluding hydrogens is 374 g/mol. The predicted molar refractivity (Wildman–Crippen MR) is 108 cm³/mol. The SMILES string of the molecule is C=C1C(=O)C23C(O)CC4C(C)(C)c5nc(NN)sc5CC4(C)C2CCC1C3O. The van der Waals surface area contributed by atoms with Gasteiger partial charge in [-0.1, -0.05) is 27.4 Å². The summed E-state index contributed by atoms with van der Waals surface area (Å²) >= 11 is 1.58. The van der Waals surface area contributed by atoms with E-state index >= 15 is 0 Å². The zero-order chi connectivity index (χ0) is 20.2. The van der Waals surface area contributed by atoms with Gasteiger partial charge in [0.05, 0.1) is 23.3 Å². The normalized spacial score (nSPS) is 46.0. The standard InChI is InChI=1S/C21H29N3O3S/c1-9-10-5-6-12-20(4)8-11-15(23-18(24-22)28-11)19(2,3)13(20)7-14(25)21(12,16(9)26)17(10)27/h10,12-14,17,25,27H,1,5-8,22H2,2-4H3,(H,23,24). The van der Waals surface area contributed by atoms with Crippen LogP contribution in [0.25, 0.3) is 0 Å². The Bertz CT molecular complexity index is 895. The zero-order valence-electron chi connectivity index (χ0n) is 16.7. The lowest BCUT2D eigenvalue weighted by molar-refractivity contribution is -0.212. The van der Waals surface area contributed by atoms with E-state index < -0.39 is 17.6 Å². The number of aliphatic hydroxyl groups excluding tert-OH is 2. The van der Waals surface area contributed by atoms with Crippen molar-refractivity contribution in [3.05, 3.63) is 22.7 Å². The number of ketones is 1. The number of carbonyl (C=O) groups excluding carboxylic acids is 1. The Labute approximate surface area is 169 Å². The molecule has 3 fully saturated rings. The quantitative estimate of drug-likeness (QED) is 0.325. The molecule has 7 atom stereocenters. The summed E-state index contributed by atoms with van der Waals surface area (Å²) in [6.45, 7) is 10.6. The fourth-order valence-electron chi connectivity index (χ4n) is 7.69. The lowest BCUT2D eigenvalue weighted by Crippen LogP contribution is -2.68. The van der Waals surface area contributed by atoms with E-state index in [4.69, 9.17) is 10.8 Å². The van der Waals surface area contributed by atoms with Gasteiger partial charge < -0.3 is 10.2 Å². The highest BCUT2D eigenvalue weighted by atomic mass is 32.1. The average molecular weight is 404 g/mol. The first kappa shape index (κ1) is 18.7. The predicted octanol–water partition coefficient (Wildman–Crippen LogP) is 2.16. The Hall–Kier alpha value is -1.28. The van der Waals surface area contributed by atoms with E-state index in [1.54, 1.807) is 11.3 Å². The van der Waals surface area contributed by atoms with Gasteiger partial charge in [-0.25, -0.2) is 10.8 Å². The molecule has 0 radical (unpaired) electrons. The molecule has 7 heteroatoms. The first-order valence-corrected chi connectivity index (χ1v) is 11.0. The van der Waals surface area contributed by atoms with E-state index in [-0.39, 0.29) is 34.4 Å². The van der Waals surface area contributed by atoms with Crippen molar-refractivity contribution in [2.24, 2.45) is 34.4 Å². The third-order valence-electron chi connectivity index (χ3n) is 8.79. The molecule has 1 aromatic rings. The topological polar surface area (TPSA) is 108 Å². The second-order valence-corrected chi connectivity index (χ2v) is 11.2. The summed E-state index contributed by atoms with van der Waals surface area (Å²) in [6, 6.07) is 0. The van der Waals surface area contributed by atoms with E-state index in [2.05, 4.69) is 32.8 Å². The van der Waals surface area contributed by atoms with Crippen molar-refractivity contribution in [2.45, 2.75) is 64.1 Å². The number of nitrogen functional groups attached to an aromatic ring is 1. The number of nitrogens with one attached hydrogen (secondary N) is 1. The molecule has 0 saturated heterocycles. The first-order chi connectivity index (χ1) is 13.1. The van der Waals surface area contributed by atoms with Crippen LogP contribution in [-0.2, 0) is 16.6 Å². The van der Waals surface area contributed by atoms with Gasteiger partial charge >= 0.3 is 0 Å². The van der Waals surface area contributed by atoms with Crippen molar-refractivity contribution in [2.75, 3.05) is 5.43 Å². The van der Waals surface area contributed by atoms with Gasteiger partial charge in [-0.15, -0.1) is 11.3 Å². The monoisotopic (exact) mass is 403 g/mol. The van der Waals surface area contributed by atoms with Gasteiger partial charge in [0.15, 0.2) is 10.9 Å². The van der Waals surface area contributed by atoms with Gasteiger partial charge in [0, 0.05) is 16.2 Å². The van der Waals surface area contributed by atoms with Crippen molar-refractivity contribution in [3.8, 4) is 0 Å². The smallest absolute Gasteiger partial charge is 0.197 e. The molecule has 152 valence electrons. The maximum atomic E-state index is 13.4. The van der Waals surface area contributed by atoms with Crippen LogP contribution < -0.4 is 11.3 Å². The molecule has 0 amide bonds. The van der Waals surface area contributed by atoms with Crippen LogP contribution in [0, 0.1) is 28.6 Å². The number of Topliss-reactive ketones (excluding diaryl/α,β-unsaturated/α-hetero) is 1. The molecule has 4 aliphatic rings. The summed E-state index contributed by atoms with van der Waals surface area (Å²) < 4.78 is 0. The number of hydrazine groups is 1. The molecule has 0 aliphatic heterocycles. The molecule has 0 aromatic carbocycles. The summed E-state index contributed by atoms with van der Waals surface area (Å²) in [4.78, 5) is 19.3. The minimum atomic E-state index is -1.10. The van der Waals surface area contributed by atoms with Crippen LogP contribution in [-0.4, -0.2) is 33.2 Å². The molecule has 5 N–H and O–H groups in total. The number of carbonyl (C=O) groups is 1. The van der Waals surface area contributed by atoms with Gasteiger partial charge in [0.25, 0.3) is 0 Å². The first-order valence-electron chi connectivity index (χ1n) is 10.2. The van der Waals surface area contributed by atoms with Crippen molar-refractivity contribution in [3.63, 3.8) is 0 Å². The van der Waals surface area contributed by atoms with Crippen LogP contribution in [0.5, 0.6) is 0 Å². The van der Waals surface area contributed by atoms with E-state index in [1.807, 2.05) is 0 Å². The maximum absolute atomic E-state index is 13.4. The summed E-state index contributed by atoms with van der Waals surface area (Å²) in [6.07, 6.45) is 1.21. The minimum Gasteiger partial charge on any atom is -0.392 e. The highest BCUT2D eigenvalue weighted by Gasteiger charge is 2.74. The summed E-state index contributed by atoms with van der Waals surface area (Å²) in [7, 11) is 0. The molecule has 5 rings (SSSR count). The summed E-state index contributed by atoms with van der Waals surface area (Å²) in [5.41, 5.74) is 2.68. The summed E-state index contributed by atoms with van der Waals surface area (Å²) in [5, 5.41) is 23.3. The molecular formula is C21H29N3O3S. The number of nitrogens with zero attached hydrogens (tertiary/aromatic N) is 1. The molecule has 1 aromatic heterocycles.